The zero-order valence-corrected chi connectivity index (χ0v) is 12.8. The fraction of sp³-hybridized carbons (Fsp3) is 0.500. The molecule has 0 amide bonds. The third-order valence-electron chi connectivity index (χ3n) is 3.49. The Bertz CT molecular complexity index is 490. The van der Waals surface area contributed by atoms with E-state index in [0.29, 0.717) is 6.61 Å². The van der Waals surface area contributed by atoms with Crippen molar-refractivity contribution in [2.24, 2.45) is 0 Å². The van der Waals surface area contributed by atoms with Crippen LogP contribution < -0.4 is 0 Å². The number of aliphatic hydroxyl groups is 1. The highest BCUT2D eigenvalue weighted by molar-refractivity contribution is 8.02. The Morgan fingerprint density at radius 2 is 2.10 bits per heavy atom. The minimum Gasteiger partial charge on any atom is -0.479 e. The summed E-state index contributed by atoms with van der Waals surface area (Å²) in [5, 5.41) is 11.1. The van der Waals surface area contributed by atoms with E-state index in [-0.39, 0.29) is 12.2 Å². The Balaban J connectivity index is 1.68. The Morgan fingerprint density at radius 3 is 2.86 bits per heavy atom. The van der Waals surface area contributed by atoms with Gasteiger partial charge in [-0.2, -0.15) is 0 Å². The fourth-order valence-corrected chi connectivity index (χ4v) is 3.27. The Labute approximate surface area is 129 Å². The quantitative estimate of drug-likeness (QED) is 0.927. The number of thioether (sulfide) groups is 1. The van der Waals surface area contributed by atoms with Crippen LogP contribution in [0.3, 0.4) is 0 Å². The van der Waals surface area contributed by atoms with Gasteiger partial charge in [0.15, 0.2) is 17.5 Å². The molecule has 114 valence electrons. The topological polar surface area (TPSA) is 47.9 Å². The van der Waals surface area contributed by atoms with Crippen LogP contribution in [-0.4, -0.2) is 35.8 Å². The van der Waals surface area contributed by atoms with E-state index in [9.17, 15) is 5.11 Å². The number of hydrogen-bond donors (Lipinski definition) is 1. The average Bonchev–Trinajstić information content (AvgIpc) is 2.53. The van der Waals surface area contributed by atoms with Gasteiger partial charge in [-0.3, -0.25) is 0 Å². The molecule has 2 aliphatic rings. The first-order chi connectivity index (χ1) is 10.3. The van der Waals surface area contributed by atoms with Gasteiger partial charge in [0.05, 0.1) is 6.61 Å². The first-order valence-electron chi connectivity index (χ1n) is 7.29. The largest absolute Gasteiger partial charge is 0.479 e. The van der Waals surface area contributed by atoms with E-state index >= 15 is 0 Å². The van der Waals surface area contributed by atoms with E-state index in [1.807, 2.05) is 30.3 Å². The van der Waals surface area contributed by atoms with E-state index in [1.165, 1.54) is 0 Å². The highest BCUT2D eigenvalue weighted by atomic mass is 32.2. The number of rotatable bonds is 4. The van der Waals surface area contributed by atoms with Crippen LogP contribution in [-0.2, 0) is 14.2 Å². The van der Waals surface area contributed by atoms with Crippen molar-refractivity contribution in [3.05, 3.63) is 47.1 Å². The molecule has 0 aliphatic carbocycles. The summed E-state index contributed by atoms with van der Waals surface area (Å²) in [7, 11) is 0. The van der Waals surface area contributed by atoms with Gasteiger partial charge in [-0.05, 0) is 12.5 Å². The summed E-state index contributed by atoms with van der Waals surface area (Å²) < 4.78 is 17.5. The third kappa shape index (κ3) is 3.43. The average molecular weight is 308 g/mol. The highest BCUT2D eigenvalue weighted by Crippen LogP contribution is 2.35. The van der Waals surface area contributed by atoms with Gasteiger partial charge in [0, 0.05) is 11.3 Å². The SMILES string of the molecule is CCCSC1=CC(O)C2OC(c3ccccc3)OCC2O1. The molecule has 4 atom stereocenters. The lowest BCUT2D eigenvalue weighted by Crippen LogP contribution is -2.50. The molecule has 1 saturated heterocycles. The van der Waals surface area contributed by atoms with Crippen LogP contribution in [0, 0.1) is 0 Å². The standard InChI is InChI=1S/C16H20O4S/c1-2-8-21-14-9-12(17)15-13(19-14)10-18-16(20-15)11-6-4-3-5-7-11/h3-7,9,12-13,15-17H,2,8,10H2,1H3. The number of aliphatic hydroxyl groups excluding tert-OH is 1. The number of ether oxygens (including phenoxy) is 3. The zero-order chi connectivity index (χ0) is 14.7. The summed E-state index contributed by atoms with van der Waals surface area (Å²) in [6.07, 6.45) is 1.09. The first kappa shape index (κ1) is 14.9. The molecule has 1 aromatic rings. The van der Waals surface area contributed by atoms with Crippen LogP contribution in [0.2, 0.25) is 0 Å². The summed E-state index contributed by atoms with van der Waals surface area (Å²) in [5.74, 6) is 0.976. The van der Waals surface area contributed by atoms with E-state index in [2.05, 4.69) is 6.92 Å². The van der Waals surface area contributed by atoms with E-state index in [4.69, 9.17) is 14.2 Å². The van der Waals surface area contributed by atoms with Crippen molar-refractivity contribution < 1.29 is 19.3 Å². The van der Waals surface area contributed by atoms with Crippen molar-refractivity contribution in [1.82, 2.24) is 0 Å². The smallest absolute Gasteiger partial charge is 0.184 e. The predicted molar refractivity (Wildman–Crippen MR) is 81.7 cm³/mol. The predicted octanol–water partition coefficient (Wildman–Crippen LogP) is 2.84. The minimum absolute atomic E-state index is 0.246. The van der Waals surface area contributed by atoms with Crippen LogP contribution in [0.5, 0.6) is 0 Å². The van der Waals surface area contributed by atoms with Crippen molar-refractivity contribution in [2.45, 2.75) is 37.9 Å². The molecule has 1 N–H and O–H groups in total. The van der Waals surface area contributed by atoms with E-state index in [1.54, 1.807) is 17.8 Å². The van der Waals surface area contributed by atoms with Gasteiger partial charge in [-0.15, -0.1) is 0 Å². The molecular formula is C16H20O4S. The molecule has 0 saturated carbocycles. The molecule has 2 aliphatic heterocycles. The summed E-state index contributed by atoms with van der Waals surface area (Å²) >= 11 is 1.62. The molecule has 1 aromatic carbocycles. The molecule has 2 heterocycles. The van der Waals surface area contributed by atoms with Crippen molar-refractivity contribution >= 4 is 11.8 Å². The maximum absolute atomic E-state index is 10.3. The maximum Gasteiger partial charge on any atom is 0.184 e. The first-order valence-corrected chi connectivity index (χ1v) is 8.28. The lowest BCUT2D eigenvalue weighted by Gasteiger charge is -2.41. The molecule has 3 rings (SSSR count). The lowest BCUT2D eigenvalue weighted by molar-refractivity contribution is -0.277. The van der Waals surface area contributed by atoms with Gasteiger partial charge in [0.1, 0.15) is 12.2 Å². The van der Waals surface area contributed by atoms with Crippen molar-refractivity contribution in [2.75, 3.05) is 12.4 Å². The van der Waals surface area contributed by atoms with Crippen molar-refractivity contribution in [3.8, 4) is 0 Å². The molecule has 5 heteroatoms. The molecule has 0 radical (unpaired) electrons. The van der Waals surface area contributed by atoms with Crippen LogP contribution in [0.4, 0.5) is 0 Å². The summed E-state index contributed by atoms with van der Waals surface area (Å²) in [5.41, 5.74) is 0.957. The zero-order valence-electron chi connectivity index (χ0n) is 12.0. The van der Waals surface area contributed by atoms with Gasteiger partial charge >= 0.3 is 0 Å². The molecule has 21 heavy (non-hydrogen) atoms. The van der Waals surface area contributed by atoms with Crippen molar-refractivity contribution in [1.29, 1.82) is 0 Å². The Hall–Kier alpha value is -1.01. The number of hydrogen-bond acceptors (Lipinski definition) is 5. The van der Waals surface area contributed by atoms with Crippen LogP contribution in [0.25, 0.3) is 0 Å². The van der Waals surface area contributed by atoms with Gasteiger partial charge in [0.2, 0.25) is 0 Å². The van der Waals surface area contributed by atoms with E-state index in [0.717, 1.165) is 22.8 Å². The highest BCUT2D eigenvalue weighted by Gasteiger charge is 2.41. The third-order valence-corrected chi connectivity index (χ3v) is 4.62. The maximum atomic E-state index is 10.3. The summed E-state index contributed by atoms with van der Waals surface area (Å²) in [6.45, 7) is 2.54. The number of fused-ring (bicyclic) bond motifs is 1. The van der Waals surface area contributed by atoms with Gasteiger partial charge in [-0.25, -0.2) is 0 Å². The molecule has 1 fully saturated rings. The Morgan fingerprint density at radius 1 is 1.29 bits per heavy atom. The molecule has 0 bridgehead atoms. The fourth-order valence-electron chi connectivity index (χ4n) is 2.44. The number of benzene rings is 1. The van der Waals surface area contributed by atoms with Crippen LogP contribution >= 0.6 is 11.8 Å². The molecule has 0 spiro atoms. The van der Waals surface area contributed by atoms with Crippen molar-refractivity contribution in [3.63, 3.8) is 0 Å². The second-order valence-electron chi connectivity index (χ2n) is 5.16. The lowest BCUT2D eigenvalue weighted by atomic mass is 10.0. The minimum atomic E-state index is -0.654. The van der Waals surface area contributed by atoms with Gasteiger partial charge in [0.25, 0.3) is 0 Å². The second-order valence-corrected chi connectivity index (χ2v) is 6.26. The van der Waals surface area contributed by atoms with Crippen LogP contribution in [0.15, 0.2) is 41.5 Å². The summed E-state index contributed by atoms with van der Waals surface area (Å²) in [6, 6.07) is 9.76. The monoisotopic (exact) mass is 308 g/mol. The summed E-state index contributed by atoms with van der Waals surface area (Å²) in [4.78, 5) is 0. The normalized spacial score (nSPS) is 32.0. The van der Waals surface area contributed by atoms with Gasteiger partial charge in [-0.1, -0.05) is 49.0 Å². The van der Waals surface area contributed by atoms with Crippen LogP contribution in [0.1, 0.15) is 25.2 Å². The molecule has 4 nitrogen and oxygen atoms in total. The molecular weight excluding hydrogens is 288 g/mol. The molecule has 4 unspecified atom stereocenters. The second kappa shape index (κ2) is 6.83. The Kier molecular flexibility index (Phi) is 4.85. The van der Waals surface area contributed by atoms with E-state index < -0.39 is 12.4 Å². The van der Waals surface area contributed by atoms with Gasteiger partial charge < -0.3 is 19.3 Å². The molecule has 0 aromatic heterocycles.